The molecule has 1 aliphatic rings. The maximum atomic E-state index is 13.9. The lowest BCUT2D eigenvalue weighted by molar-refractivity contribution is -0.143. The largest absolute Gasteiger partial charge is 0.483 e. The van der Waals surface area contributed by atoms with E-state index in [0.717, 1.165) is 47.9 Å². The molecule has 0 aromatic heterocycles. The number of amides is 2. The van der Waals surface area contributed by atoms with Gasteiger partial charge >= 0.3 is 0 Å². The van der Waals surface area contributed by atoms with Crippen LogP contribution < -0.4 is 10.1 Å². The number of para-hydroxylation sites is 1. The second-order valence-corrected chi connectivity index (χ2v) is 10.6. The fourth-order valence-corrected chi connectivity index (χ4v) is 5.20. The molecule has 0 aliphatic heterocycles. The lowest BCUT2D eigenvalue weighted by atomic mass is 10.0. The number of benzene rings is 3. The van der Waals surface area contributed by atoms with E-state index in [2.05, 4.69) is 19.2 Å². The summed E-state index contributed by atoms with van der Waals surface area (Å²) < 4.78 is 6.10. The van der Waals surface area contributed by atoms with Crippen LogP contribution in [-0.4, -0.2) is 35.4 Å². The molecule has 1 atom stereocenters. The van der Waals surface area contributed by atoms with Crippen LogP contribution in [0.1, 0.15) is 67.7 Å². The van der Waals surface area contributed by atoms with Crippen molar-refractivity contribution in [3.05, 3.63) is 101 Å². The van der Waals surface area contributed by atoms with E-state index in [1.807, 2.05) is 85.8 Å². The molecule has 4 rings (SSSR count). The predicted molar refractivity (Wildman–Crippen MR) is 152 cm³/mol. The number of aryl methyl sites for hydroxylation is 1. The van der Waals surface area contributed by atoms with Crippen molar-refractivity contribution in [2.24, 2.45) is 0 Å². The second-order valence-electron chi connectivity index (χ2n) is 10.6. The van der Waals surface area contributed by atoms with Gasteiger partial charge in [0.2, 0.25) is 5.91 Å². The highest BCUT2D eigenvalue weighted by atomic mass is 16.5. The first-order valence-corrected chi connectivity index (χ1v) is 13.8. The number of carbonyl (C=O) groups is 2. The summed E-state index contributed by atoms with van der Waals surface area (Å²) in [5.41, 5.74) is 4.19. The Hall–Kier alpha value is -3.60. The molecule has 200 valence electrons. The SMILES string of the molecule is Cc1ccccc1CN(C(=O)COc1ccccc1C(C)C)[C@H](Cc1ccccc1)C(=O)NC1CCCC1. The topological polar surface area (TPSA) is 58.6 Å². The van der Waals surface area contributed by atoms with Crippen molar-refractivity contribution in [1.82, 2.24) is 10.2 Å². The van der Waals surface area contributed by atoms with Crippen molar-refractivity contribution in [2.75, 3.05) is 6.61 Å². The van der Waals surface area contributed by atoms with Crippen LogP contribution in [0.25, 0.3) is 0 Å². The molecule has 1 N–H and O–H groups in total. The highest BCUT2D eigenvalue weighted by molar-refractivity contribution is 5.88. The van der Waals surface area contributed by atoms with Crippen LogP contribution in [0.2, 0.25) is 0 Å². The molecule has 0 spiro atoms. The Morgan fingerprint density at radius 3 is 2.29 bits per heavy atom. The van der Waals surface area contributed by atoms with Crippen molar-refractivity contribution >= 4 is 11.8 Å². The Balaban J connectivity index is 1.63. The molecule has 0 saturated heterocycles. The number of rotatable bonds is 11. The Morgan fingerprint density at radius 1 is 0.921 bits per heavy atom. The zero-order valence-corrected chi connectivity index (χ0v) is 22.9. The van der Waals surface area contributed by atoms with Gasteiger partial charge in [-0.05, 0) is 54.0 Å². The number of nitrogens with one attached hydrogen (secondary N) is 1. The van der Waals surface area contributed by atoms with Gasteiger partial charge in [-0.2, -0.15) is 0 Å². The average molecular weight is 513 g/mol. The van der Waals surface area contributed by atoms with E-state index in [-0.39, 0.29) is 30.4 Å². The number of nitrogens with zero attached hydrogens (tertiary/aromatic N) is 1. The lowest BCUT2D eigenvalue weighted by Crippen LogP contribution is -2.53. The van der Waals surface area contributed by atoms with Crippen molar-refractivity contribution in [1.29, 1.82) is 0 Å². The summed E-state index contributed by atoms with van der Waals surface area (Å²) in [6.45, 7) is 6.47. The van der Waals surface area contributed by atoms with E-state index < -0.39 is 6.04 Å². The fourth-order valence-electron chi connectivity index (χ4n) is 5.20. The number of ether oxygens (including phenoxy) is 1. The molecule has 5 heteroatoms. The molecular weight excluding hydrogens is 472 g/mol. The zero-order valence-electron chi connectivity index (χ0n) is 22.9. The third-order valence-electron chi connectivity index (χ3n) is 7.47. The van der Waals surface area contributed by atoms with Gasteiger partial charge in [-0.3, -0.25) is 9.59 Å². The van der Waals surface area contributed by atoms with E-state index >= 15 is 0 Å². The van der Waals surface area contributed by atoms with Gasteiger partial charge in [0.1, 0.15) is 11.8 Å². The van der Waals surface area contributed by atoms with Crippen LogP contribution in [0.4, 0.5) is 0 Å². The highest BCUT2D eigenvalue weighted by Gasteiger charge is 2.32. The maximum absolute atomic E-state index is 13.9. The summed E-state index contributed by atoms with van der Waals surface area (Å²) in [5.74, 6) is 0.689. The monoisotopic (exact) mass is 512 g/mol. The zero-order chi connectivity index (χ0) is 26.9. The van der Waals surface area contributed by atoms with Crippen molar-refractivity contribution in [3.8, 4) is 5.75 Å². The van der Waals surface area contributed by atoms with E-state index in [4.69, 9.17) is 4.74 Å². The molecule has 1 fully saturated rings. The Morgan fingerprint density at radius 2 is 1.58 bits per heavy atom. The molecule has 3 aromatic rings. The van der Waals surface area contributed by atoms with E-state index in [1.165, 1.54) is 0 Å². The molecular formula is C33H40N2O3. The van der Waals surface area contributed by atoms with Gasteiger partial charge in [-0.25, -0.2) is 0 Å². The Labute approximate surface area is 227 Å². The van der Waals surface area contributed by atoms with Gasteiger partial charge in [0.25, 0.3) is 5.91 Å². The maximum Gasteiger partial charge on any atom is 0.261 e. The summed E-state index contributed by atoms with van der Waals surface area (Å²) in [6.07, 6.45) is 4.68. The molecule has 0 radical (unpaired) electrons. The van der Waals surface area contributed by atoms with E-state index in [1.54, 1.807) is 4.90 Å². The molecule has 38 heavy (non-hydrogen) atoms. The van der Waals surface area contributed by atoms with Crippen LogP contribution in [-0.2, 0) is 22.6 Å². The summed E-state index contributed by atoms with van der Waals surface area (Å²) >= 11 is 0. The molecule has 0 bridgehead atoms. The minimum absolute atomic E-state index is 0.0923. The van der Waals surface area contributed by atoms with Gasteiger partial charge in [0.05, 0.1) is 0 Å². The fraction of sp³-hybridized carbons (Fsp3) is 0.394. The van der Waals surface area contributed by atoms with Crippen LogP contribution in [0.5, 0.6) is 5.75 Å². The van der Waals surface area contributed by atoms with Crippen molar-refractivity contribution in [2.45, 2.75) is 77.4 Å². The normalized spacial score (nSPS) is 14.3. The minimum Gasteiger partial charge on any atom is -0.483 e. The molecule has 5 nitrogen and oxygen atoms in total. The second kappa shape index (κ2) is 13.3. The minimum atomic E-state index is -0.644. The Bertz CT molecular complexity index is 1200. The Kier molecular flexibility index (Phi) is 9.58. The van der Waals surface area contributed by atoms with Crippen LogP contribution >= 0.6 is 0 Å². The highest BCUT2D eigenvalue weighted by Crippen LogP contribution is 2.26. The van der Waals surface area contributed by atoms with E-state index in [9.17, 15) is 9.59 Å². The molecule has 1 saturated carbocycles. The summed E-state index contributed by atoms with van der Waals surface area (Å²) in [6, 6.07) is 25.3. The van der Waals surface area contributed by atoms with Crippen LogP contribution in [0.15, 0.2) is 78.9 Å². The summed E-state index contributed by atoms with van der Waals surface area (Å²) in [5, 5.41) is 3.26. The quantitative estimate of drug-likeness (QED) is 0.333. The first-order valence-electron chi connectivity index (χ1n) is 13.8. The molecule has 1 aliphatic carbocycles. The van der Waals surface area contributed by atoms with Gasteiger partial charge in [-0.1, -0.05) is 99.5 Å². The van der Waals surface area contributed by atoms with Gasteiger partial charge in [-0.15, -0.1) is 0 Å². The van der Waals surface area contributed by atoms with Gasteiger partial charge in [0.15, 0.2) is 6.61 Å². The molecule has 3 aromatic carbocycles. The first kappa shape index (κ1) is 27.4. The van der Waals surface area contributed by atoms with Gasteiger partial charge in [0, 0.05) is 19.0 Å². The summed E-state index contributed by atoms with van der Waals surface area (Å²) in [7, 11) is 0. The van der Waals surface area contributed by atoms with E-state index in [0.29, 0.717) is 18.7 Å². The smallest absolute Gasteiger partial charge is 0.261 e. The standard InChI is InChI=1S/C33H40N2O3/c1-24(2)29-19-11-12-20-31(29)38-23-32(36)35(22-27-16-8-7-13-25(27)3)30(21-26-14-5-4-6-15-26)33(37)34-28-17-9-10-18-28/h4-8,11-16,19-20,24,28,30H,9-10,17-18,21-23H2,1-3H3,(H,34,37)/t30-/m1/s1. The predicted octanol–water partition coefficient (Wildman–Crippen LogP) is 6.20. The van der Waals surface area contributed by atoms with Crippen LogP contribution in [0, 0.1) is 6.92 Å². The number of hydrogen-bond donors (Lipinski definition) is 1. The van der Waals surface area contributed by atoms with Crippen LogP contribution in [0.3, 0.4) is 0 Å². The van der Waals surface area contributed by atoms with Crippen molar-refractivity contribution in [3.63, 3.8) is 0 Å². The lowest BCUT2D eigenvalue weighted by Gasteiger charge is -2.32. The average Bonchev–Trinajstić information content (AvgIpc) is 3.44. The summed E-state index contributed by atoms with van der Waals surface area (Å²) in [4.78, 5) is 29.4. The number of hydrogen-bond acceptors (Lipinski definition) is 3. The third-order valence-corrected chi connectivity index (χ3v) is 7.47. The number of carbonyl (C=O) groups excluding carboxylic acids is 2. The third kappa shape index (κ3) is 7.25. The first-order chi connectivity index (χ1) is 18.4. The molecule has 0 unspecified atom stereocenters. The van der Waals surface area contributed by atoms with Gasteiger partial charge < -0.3 is 15.0 Å². The van der Waals surface area contributed by atoms with Crippen molar-refractivity contribution < 1.29 is 14.3 Å². The molecule has 2 amide bonds. The molecule has 0 heterocycles.